The van der Waals surface area contributed by atoms with Gasteiger partial charge >= 0.3 is 0 Å². The van der Waals surface area contributed by atoms with Gasteiger partial charge < -0.3 is 14.8 Å². The summed E-state index contributed by atoms with van der Waals surface area (Å²) in [7, 11) is 4.12. The lowest BCUT2D eigenvalue weighted by molar-refractivity contribution is 0.669. The largest absolute Gasteiger partial charge is 0.378 e. The molecule has 0 fully saturated rings. The van der Waals surface area contributed by atoms with E-state index in [-0.39, 0.29) is 0 Å². The highest BCUT2D eigenvalue weighted by Crippen LogP contribution is 2.17. The summed E-state index contributed by atoms with van der Waals surface area (Å²) in [5.41, 5.74) is 4.97. The molecule has 0 aliphatic heterocycles. The van der Waals surface area contributed by atoms with Crippen LogP contribution >= 0.6 is 0 Å². The van der Waals surface area contributed by atoms with Crippen molar-refractivity contribution in [3.05, 3.63) is 84.2 Å². The number of aromatic nitrogens is 1. The van der Waals surface area contributed by atoms with Crippen molar-refractivity contribution in [2.24, 2.45) is 0 Å². The fourth-order valence-corrected chi connectivity index (χ4v) is 2.65. The van der Waals surface area contributed by atoms with E-state index in [1.165, 1.54) is 22.6 Å². The molecule has 0 radical (unpaired) electrons. The van der Waals surface area contributed by atoms with Gasteiger partial charge in [0.25, 0.3) is 0 Å². The Hall–Kier alpha value is -2.52. The third-order valence-corrected chi connectivity index (χ3v) is 3.96. The minimum atomic E-state index is 0.845. The Morgan fingerprint density at radius 1 is 0.826 bits per heavy atom. The Balaban J connectivity index is 1.67. The number of rotatable bonds is 6. The lowest BCUT2D eigenvalue weighted by Crippen LogP contribution is -2.15. The molecular formula is C20H23N3. The molecule has 0 spiro atoms. The van der Waals surface area contributed by atoms with Crippen LogP contribution in [0.15, 0.2) is 72.9 Å². The fourth-order valence-electron chi connectivity index (χ4n) is 2.65. The van der Waals surface area contributed by atoms with Crippen molar-refractivity contribution >= 4 is 5.69 Å². The Kier molecular flexibility index (Phi) is 4.79. The van der Waals surface area contributed by atoms with E-state index in [1.807, 2.05) is 6.07 Å². The standard InChI is InChI=1S/C20H23N3/c1-22(2)18-10-12-19(13-11-18)23-14-6-9-20(23)16-21-15-17-7-4-3-5-8-17/h3-14,21H,15-16H2,1-2H3. The third kappa shape index (κ3) is 3.82. The molecule has 0 saturated heterocycles. The van der Waals surface area contributed by atoms with Crippen LogP contribution in [0.3, 0.4) is 0 Å². The summed E-state index contributed by atoms with van der Waals surface area (Å²) in [6.45, 7) is 1.73. The van der Waals surface area contributed by atoms with Crippen molar-refractivity contribution in [2.75, 3.05) is 19.0 Å². The molecule has 0 saturated carbocycles. The molecule has 0 aliphatic rings. The van der Waals surface area contributed by atoms with Crippen molar-refractivity contribution < 1.29 is 0 Å². The van der Waals surface area contributed by atoms with Crippen molar-refractivity contribution in [3.8, 4) is 5.69 Å². The van der Waals surface area contributed by atoms with E-state index in [2.05, 4.69) is 95.7 Å². The van der Waals surface area contributed by atoms with E-state index < -0.39 is 0 Å². The predicted octanol–water partition coefficient (Wildman–Crippen LogP) is 3.83. The summed E-state index contributed by atoms with van der Waals surface area (Å²) in [6.07, 6.45) is 2.12. The summed E-state index contributed by atoms with van der Waals surface area (Å²) < 4.78 is 2.23. The van der Waals surface area contributed by atoms with Gasteiger partial charge in [-0.25, -0.2) is 0 Å². The van der Waals surface area contributed by atoms with Crippen LogP contribution in [0.4, 0.5) is 5.69 Å². The molecule has 0 aliphatic carbocycles. The van der Waals surface area contributed by atoms with Gasteiger partial charge in [-0.05, 0) is 42.0 Å². The maximum absolute atomic E-state index is 3.51. The number of hydrogen-bond acceptors (Lipinski definition) is 2. The summed E-state index contributed by atoms with van der Waals surface area (Å²) in [5, 5.41) is 3.51. The van der Waals surface area contributed by atoms with Gasteiger partial charge in [0.2, 0.25) is 0 Å². The minimum absolute atomic E-state index is 0.845. The Morgan fingerprint density at radius 2 is 1.57 bits per heavy atom. The van der Waals surface area contributed by atoms with Gasteiger partial charge in [-0.15, -0.1) is 0 Å². The summed E-state index contributed by atoms with van der Waals surface area (Å²) >= 11 is 0. The number of nitrogens with one attached hydrogen (secondary N) is 1. The number of anilines is 1. The molecule has 0 unspecified atom stereocenters. The van der Waals surface area contributed by atoms with Gasteiger partial charge in [0, 0.05) is 50.5 Å². The van der Waals surface area contributed by atoms with Crippen molar-refractivity contribution in [1.29, 1.82) is 0 Å². The first-order valence-electron chi connectivity index (χ1n) is 7.93. The maximum Gasteiger partial charge on any atom is 0.0454 e. The molecule has 118 valence electrons. The Labute approximate surface area is 138 Å². The van der Waals surface area contributed by atoms with E-state index in [4.69, 9.17) is 0 Å². The van der Waals surface area contributed by atoms with E-state index in [0.29, 0.717) is 0 Å². The Bertz CT molecular complexity index is 727. The molecule has 3 nitrogen and oxygen atoms in total. The number of benzene rings is 2. The molecule has 0 amide bonds. The molecule has 3 rings (SSSR count). The molecule has 1 N–H and O–H groups in total. The zero-order valence-corrected chi connectivity index (χ0v) is 13.7. The van der Waals surface area contributed by atoms with E-state index in [0.717, 1.165) is 13.1 Å². The molecule has 1 heterocycles. The first kappa shape index (κ1) is 15.4. The molecule has 0 atom stereocenters. The summed E-state index contributed by atoms with van der Waals surface area (Å²) in [4.78, 5) is 2.11. The van der Waals surface area contributed by atoms with Gasteiger partial charge in [-0.3, -0.25) is 0 Å². The first-order valence-corrected chi connectivity index (χ1v) is 7.93. The van der Waals surface area contributed by atoms with Crippen LogP contribution in [-0.4, -0.2) is 18.7 Å². The average Bonchev–Trinajstić information content (AvgIpc) is 3.04. The predicted molar refractivity (Wildman–Crippen MR) is 97.1 cm³/mol. The van der Waals surface area contributed by atoms with Crippen LogP contribution in [0.5, 0.6) is 0 Å². The lowest BCUT2D eigenvalue weighted by atomic mass is 10.2. The molecule has 23 heavy (non-hydrogen) atoms. The van der Waals surface area contributed by atoms with Gasteiger partial charge in [0.1, 0.15) is 0 Å². The highest BCUT2D eigenvalue weighted by Gasteiger charge is 2.04. The lowest BCUT2D eigenvalue weighted by Gasteiger charge is -2.14. The van der Waals surface area contributed by atoms with Crippen LogP contribution < -0.4 is 10.2 Å². The van der Waals surface area contributed by atoms with Gasteiger partial charge in [0.05, 0.1) is 0 Å². The van der Waals surface area contributed by atoms with E-state index >= 15 is 0 Å². The third-order valence-electron chi connectivity index (χ3n) is 3.96. The zero-order chi connectivity index (χ0) is 16.1. The van der Waals surface area contributed by atoms with Crippen LogP contribution in [-0.2, 0) is 13.1 Å². The van der Waals surface area contributed by atoms with Gasteiger partial charge in [-0.1, -0.05) is 30.3 Å². The second kappa shape index (κ2) is 7.16. The first-order chi connectivity index (χ1) is 11.2. The highest BCUT2D eigenvalue weighted by atomic mass is 15.1. The molecule has 2 aromatic carbocycles. The number of nitrogens with zero attached hydrogens (tertiary/aromatic N) is 2. The van der Waals surface area contributed by atoms with Crippen LogP contribution in [0.1, 0.15) is 11.3 Å². The normalized spacial score (nSPS) is 10.7. The molecule has 3 aromatic rings. The molecular weight excluding hydrogens is 282 g/mol. The van der Waals surface area contributed by atoms with Crippen LogP contribution in [0, 0.1) is 0 Å². The van der Waals surface area contributed by atoms with E-state index in [9.17, 15) is 0 Å². The molecule has 0 bridgehead atoms. The minimum Gasteiger partial charge on any atom is -0.378 e. The van der Waals surface area contributed by atoms with Crippen molar-refractivity contribution in [1.82, 2.24) is 9.88 Å². The van der Waals surface area contributed by atoms with E-state index in [1.54, 1.807) is 0 Å². The van der Waals surface area contributed by atoms with Gasteiger partial charge in [-0.2, -0.15) is 0 Å². The zero-order valence-electron chi connectivity index (χ0n) is 13.7. The quantitative estimate of drug-likeness (QED) is 0.747. The second-order valence-electron chi connectivity index (χ2n) is 5.87. The summed E-state index contributed by atoms with van der Waals surface area (Å²) in [6, 6.07) is 23.4. The molecule has 1 aromatic heterocycles. The van der Waals surface area contributed by atoms with Crippen molar-refractivity contribution in [2.45, 2.75) is 13.1 Å². The monoisotopic (exact) mass is 305 g/mol. The smallest absolute Gasteiger partial charge is 0.0454 e. The maximum atomic E-state index is 3.51. The topological polar surface area (TPSA) is 20.2 Å². The number of hydrogen-bond donors (Lipinski definition) is 1. The van der Waals surface area contributed by atoms with Crippen molar-refractivity contribution in [3.63, 3.8) is 0 Å². The van der Waals surface area contributed by atoms with Gasteiger partial charge in [0.15, 0.2) is 0 Å². The fraction of sp³-hybridized carbons (Fsp3) is 0.200. The second-order valence-corrected chi connectivity index (χ2v) is 5.87. The SMILES string of the molecule is CN(C)c1ccc(-n2cccc2CNCc2ccccc2)cc1. The molecule has 3 heteroatoms. The summed E-state index contributed by atoms with van der Waals surface area (Å²) in [5.74, 6) is 0. The van der Waals surface area contributed by atoms with Crippen LogP contribution in [0.25, 0.3) is 5.69 Å². The Morgan fingerprint density at radius 3 is 2.26 bits per heavy atom. The van der Waals surface area contributed by atoms with Crippen LogP contribution in [0.2, 0.25) is 0 Å². The average molecular weight is 305 g/mol. The highest BCUT2D eigenvalue weighted by molar-refractivity contribution is 5.50.